The number of nitrogens with zero attached hydrogens (tertiary/aromatic N) is 2. The summed E-state index contributed by atoms with van der Waals surface area (Å²) in [6.45, 7) is 7.28. The number of rotatable bonds is 1. The molecule has 1 heterocycles. The molecule has 0 amide bonds. The normalized spacial score (nSPS) is 21.1. The zero-order chi connectivity index (χ0) is 7.56. The molecule has 3 heteroatoms. The first kappa shape index (κ1) is 7.41. The van der Waals surface area contributed by atoms with Gasteiger partial charge >= 0.3 is 0 Å². The number of piperazine rings is 1. The molecule has 0 aromatic carbocycles. The number of aliphatic hydroxyl groups is 1. The third-order valence-corrected chi connectivity index (χ3v) is 1.87. The molecule has 1 aliphatic rings. The first-order chi connectivity index (χ1) is 4.70. The predicted octanol–water partition coefficient (Wildman–Crippen LogP) is 0.263. The summed E-state index contributed by atoms with van der Waals surface area (Å²) in [5.41, 5.74) is 0. The molecule has 0 saturated carbocycles. The maximum atomic E-state index is 8.98. The van der Waals surface area contributed by atoms with Gasteiger partial charge in [-0.05, 0) is 13.6 Å². The van der Waals surface area contributed by atoms with Crippen molar-refractivity contribution in [1.29, 1.82) is 0 Å². The lowest BCUT2D eigenvalue weighted by atomic mass is 10.3. The molecule has 1 rings (SSSR count). The number of likely N-dealkylation sites (N-methyl/N-ethyl adjacent to an activating group) is 1. The van der Waals surface area contributed by atoms with Crippen LogP contribution in [-0.2, 0) is 0 Å². The van der Waals surface area contributed by atoms with E-state index >= 15 is 0 Å². The van der Waals surface area contributed by atoms with E-state index in [1.165, 1.54) is 0 Å². The fourth-order valence-electron chi connectivity index (χ4n) is 1.06. The van der Waals surface area contributed by atoms with Gasteiger partial charge in [0.05, 0.1) is 0 Å². The van der Waals surface area contributed by atoms with Gasteiger partial charge in [-0.15, -0.1) is 0 Å². The van der Waals surface area contributed by atoms with Gasteiger partial charge < -0.3 is 14.9 Å². The maximum absolute atomic E-state index is 8.98. The molecule has 3 nitrogen and oxygen atoms in total. The van der Waals surface area contributed by atoms with Gasteiger partial charge in [0.1, 0.15) is 0 Å². The Morgan fingerprint density at radius 1 is 1.30 bits per heavy atom. The number of aliphatic hydroxyl groups excluding tert-OH is 1. The van der Waals surface area contributed by atoms with Crippen LogP contribution in [0.4, 0.5) is 0 Å². The van der Waals surface area contributed by atoms with Crippen LogP contribution in [-0.4, -0.2) is 48.1 Å². The summed E-state index contributed by atoms with van der Waals surface area (Å²) in [5, 5.41) is 8.98. The third kappa shape index (κ3) is 1.64. The zero-order valence-electron chi connectivity index (χ0n) is 6.38. The molecule has 0 spiro atoms. The van der Waals surface area contributed by atoms with Crippen molar-refractivity contribution in [1.82, 2.24) is 9.80 Å². The third-order valence-electron chi connectivity index (χ3n) is 1.87. The van der Waals surface area contributed by atoms with Gasteiger partial charge in [-0.3, -0.25) is 0 Å². The van der Waals surface area contributed by atoms with E-state index in [9.17, 15) is 0 Å². The molecule has 0 radical (unpaired) electrons. The molecular formula is C7H14N2O. The van der Waals surface area contributed by atoms with Crippen LogP contribution in [0.3, 0.4) is 0 Å². The Labute approximate surface area is 61.5 Å². The van der Waals surface area contributed by atoms with Crippen molar-refractivity contribution in [2.75, 3.05) is 33.2 Å². The molecule has 0 aliphatic carbocycles. The first-order valence-corrected chi connectivity index (χ1v) is 3.51. The quantitative estimate of drug-likeness (QED) is 0.532. The molecule has 1 N–H and O–H groups in total. The lowest BCUT2D eigenvalue weighted by molar-refractivity contribution is 0.130. The summed E-state index contributed by atoms with van der Waals surface area (Å²) in [4.78, 5) is 4.12. The maximum Gasteiger partial charge on any atom is 0.179 e. The van der Waals surface area contributed by atoms with Gasteiger partial charge in [0.2, 0.25) is 0 Å². The SMILES string of the molecule is C=C(O)N1CCN(C)CC1. The van der Waals surface area contributed by atoms with E-state index in [-0.39, 0.29) is 5.88 Å². The lowest BCUT2D eigenvalue weighted by Gasteiger charge is -2.32. The molecule has 0 bridgehead atoms. The van der Waals surface area contributed by atoms with E-state index in [1.54, 1.807) is 0 Å². The van der Waals surface area contributed by atoms with Crippen molar-refractivity contribution >= 4 is 0 Å². The Morgan fingerprint density at radius 3 is 2.20 bits per heavy atom. The molecule has 1 saturated heterocycles. The molecule has 1 aliphatic heterocycles. The van der Waals surface area contributed by atoms with Crippen LogP contribution in [0.1, 0.15) is 0 Å². The predicted molar refractivity (Wildman–Crippen MR) is 40.8 cm³/mol. The molecular weight excluding hydrogens is 128 g/mol. The second-order valence-corrected chi connectivity index (χ2v) is 2.71. The van der Waals surface area contributed by atoms with Crippen LogP contribution in [0.15, 0.2) is 12.5 Å². The highest BCUT2D eigenvalue weighted by Gasteiger charge is 2.13. The van der Waals surface area contributed by atoms with Gasteiger partial charge in [-0.25, -0.2) is 0 Å². The number of hydrogen-bond acceptors (Lipinski definition) is 3. The molecule has 0 aromatic rings. The summed E-state index contributed by atoms with van der Waals surface area (Å²) in [6, 6.07) is 0. The Bertz CT molecular complexity index is 128. The minimum Gasteiger partial charge on any atom is -0.495 e. The molecule has 0 atom stereocenters. The van der Waals surface area contributed by atoms with Crippen molar-refractivity contribution in [3.05, 3.63) is 12.5 Å². The Hall–Kier alpha value is -0.700. The largest absolute Gasteiger partial charge is 0.495 e. The van der Waals surface area contributed by atoms with Crippen LogP contribution in [0.5, 0.6) is 0 Å². The highest BCUT2D eigenvalue weighted by atomic mass is 16.3. The monoisotopic (exact) mass is 142 g/mol. The Balaban J connectivity index is 2.33. The van der Waals surface area contributed by atoms with Gasteiger partial charge in [0.15, 0.2) is 5.88 Å². The van der Waals surface area contributed by atoms with Crippen molar-refractivity contribution in [3.8, 4) is 0 Å². The van der Waals surface area contributed by atoms with E-state index in [4.69, 9.17) is 5.11 Å². The molecule has 0 unspecified atom stereocenters. The summed E-state index contributed by atoms with van der Waals surface area (Å²) in [7, 11) is 2.08. The smallest absolute Gasteiger partial charge is 0.179 e. The molecule has 10 heavy (non-hydrogen) atoms. The summed E-state index contributed by atoms with van der Waals surface area (Å²) < 4.78 is 0. The van der Waals surface area contributed by atoms with Crippen LogP contribution in [0, 0.1) is 0 Å². The van der Waals surface area contributed by atoms with E-state index in [2.05, 4.69) is 18.5 Å². The number of hydrogen-bond donors (Lipinski definition) is 1. The molecule has 58 valence electrons. The minimum atomic E-state index is 0.202. The first-order valence-electron chi connectivity index (χ1n) is 3.51. The van der Waals surface area contributed by atoms with Gasteiger partial charge in [-0.2, -0.15) is 0 Å². The summed E-state index contributed by atoms with van der Waals surface area (Å²) in [5.74, 6) is 0.202. The zero-order valence-corrected chi connectivity index (χ0v) is 6.38. The van der Waals surface area contributed by atoms with Crippen molar-refractivity contribution in [2.24, 2.45) is 0 Å². The van der Waals surface area contributed by atoms with Gasteiger partial charge in [-0.1, -0.05) is 0 Å². The van der Waals surface area contributed by atoms with Gasteiger partial charge in [0.25, 0.3) is 0 Å². The topological polar surface area (TPSA) is 26.7 Å². The Morgan fingerprint density at radius 2 is 1.80 bits per heavy atom. The van der Waals surface area contributed by atoms with E-state index < -0.39 is 0 Å². The fraction of sp³-hybridized carbons (Fsp3) is 0.714. The second-order valence-electron chi connectivity index (χ2n) is 2.71. The molecule has 0 aromatic heterocycles. The average Bonchev–Trinajstić information content (AvgIpc) is 1.88. The second kappa shape index (κ2) is 2.92. The van der Waals surface area contributed by atoms with Gasteiger partial charge in [0, 0.05) is 26.2 Å². The van der Waals surface area contributed by atoms with Crippen LogP contribution in [0.2, 0.25) is 0 Å². The fourth-order valence-corrected chi connectivity index (χ4v) is 1.06. The van der Waals surface area contributed by atoms with Crippen molar-refractivity contribution < 1.29 is 5.11 Å². The van der Waals surface area contributed by atoms with Crippen molar-refractivity contribution in [3.63, 3.8) is 0 Å². The highest BCUT2D eigenvalue weighted by Crippen LogP contribution is 2.02. The van der Waals surface area contributed by atoms with E-state index in [1.807, 2.05) is 4.90 Å². The van der Waals surface area contributed by atoms with E-state index in [0.717, 1.165) is 26.2 Å². The van der Waals surface area contributed by atoms with Crippen molar-refractivity contribution in [2.45, 2.75) is 0 Å². The lowest BCUT2D eigenvalue weighted by Crippen LogP contribution is -2.43. The van der Waals surface area contributed by atoms with Crippen LogP contribution in [0.25, 0.3) is 0 Å². The molecule has 1 fully saturated rings. The van der Waals surface area contributed by atoms with Crippen LogP contribution >= 0.6 is 0 Å². The minimum absolute atomic E-state index is 0.202. The van der Waals surface area contributed by atoms with Crippen LogP contribution < -0.4 is 0 Å². The average molecular weight is 142 g/mol. The summed E-state index contributed by atoms with van der Waals surface area (Å²) >= 11 is 0. The van der Waals surface area contributed by atoms with E-state index in [0.29, 0.717) is 0 Å². The standard InChI is InChI=1S/C7H14N2O/c1-7(10)9-5-3-8(2)4-6-9/h10H,1,3-6H2,2H3. The highest BCUT2D eigenvalue weighted by molar-refractivity contribution is 4.84. The summed E-state index contributed by atoms with van der Waals surface area (Å²) in [6.07, 6.45) is 0. The Kier molecular flexibility index (Phi) is 2.17.